The van der Waals surface area contributed by atoms with Crippen molar-refractivity contribution in [3.63, 3.8) is 0 Å². The maximum Gasteiger partial charge on any atom is 0.0345 e. The van der Waals surface area contributed by atoms with Gasteiger partial charge in [0, 0.05) is 16.1 Å². The molecule has 1 aromatic carbocycles. The summed E-state index contributed by atoms with van der Waals surface area (Å²) in [6.45, 7) is 4.13. The third-order valence-corrected chi connectivity index (χ3v) is 6.44. The predicted octanol–water partition coefficient (Wildman–Crippen LogP) is 4.57. The summed E-state index contributed by atoms with van der Waals surface area (Å²) in [6.07, 6.45) is 7.03. The predicted molar refractivity (Wildman–Crippen MR) is 87.4 cm³/mol. The smallest absolute Gasteiger partial charge is 0.0345 e. The van der Waals surface area contributed by atoms with E-state index in [1.54, 1.807) is 4.88 Å². The van der Waals surface area contributed by atoms with E-state index in [9.17, 15) is 0 Å². The summed E-state index contributed by atoms with van der Waals surface area (Å²) in [6, 6.07) is 11.2. The lowest BCUT2D eigenvalue weighted by Crippen LogP contribution is -2.47. The minimum absolute atomic E-state index is 0.992. The van der Waals surface area contributed by atoms with Crippen LogP contribution in [0.3, 0.4) is 0 Å². The van der Waals surface area contributed by atoms with Gasteiger partial charge in [0.2, 0.25) is 0 Å². The van der Waals surface area contributed by atoms with E-state index in [0.717, 1.165) is 11.8 Å². The van der Waals surface area contributed by atoms with Crippen LogP contribution in [0.4, 0.5) is 0 Å². The average molecular weight is 285 g/mol. The van der Waals surface area contributed by atoms with Crippen molar-refractivity contribution in [3.05, 3.63) is 35.2 Å². The summed E-state index contributed by atoms with van der Waals surface area (Å²) in [5.74, 6) is 2.04. The molecule has 1 nitrogen and oxygen atoms in total. The number of rotatable bonds is 4. The van der Waals surface area contributed by atoms with Gasteiger partial charge in [-0.2, -0.15) is 0 Å². The van der Waals surface area contributed by atoms with E-state index in [4.69, 9.17) is 0 Å². The largest absolute Gasteiger partial charge is 0.303 e. The van der Waals surface area contributed by atoms with Crippen LogP contribution in [0.1, 0.15) is 30.6 Å². The number of piperidine rings is 3. The SMILES string of the molecule is c1ccc2sc(CCCC3CN4CCC3CC4)cc2c1. The Hall–Kier alpha value is -0.860. The van der Waals surface area contributed by atoms with Crippen molar-refractivity contribution in [1.29, 1.82) is 0 Å². The molecule has 0 radical (unpaired) electrons. The summed E-state index contributed by atoms with van der Waals surface area (Å²) in [5, 5.41) is 1.43. The molecule has 2 aromatic rings. The van der Waals surface area contributed by atoms with Gasteiger partial charge in [0.25, 0.3) is 0 Å². The molecule has 0 saturated carbocycles. The minimum atomic E-state index is 0.992. The van der Waals surface area contributed by atoms with Crippen molar-refractivity contribution < 1.29 is 0 Å². The zero-order chi connectivity index (χ0) is 13.4. The molecule has 2 bridgehead atoms. The third kappa shape index (κ3) is 2.51. The van der Waals surface area contributed by atoms with Gasteiger partial charge < -0.3 is 4.90 Å². The Morgan fingerprint density at radius 2 is 2.00 bits per heavy atom. The fraction of sp³-hybridized carbons (Fsp3) is 0.556. The molecule has 5 rings (SSSR count). The second-order valence-electron chi connectivity index (χ2n) is 6.54. The van der Waals surface area contributed by atoms with E-state index >= 15 is 0 Å². The van der Waals surface area contributed by atoms with Gasteiger partial charge in [0.05, 0.1) is 0 Å². The van der Waals surface area contributed by atoms with Gasteiger partial charge in [-0.15, -0.1) is 11.3 Å². The molecule has 3 saturated heterocycles. The van der Waals surface area contributed by atoms with Crippen molar-refractivity contribution in [3.8, 4) is 0 Å². The van der Waals surface area contributed by atoms with E-state index in [1.165, 1.54) is 61.8 Å². The van der Waals surface area contributed by atoms with E-state index in [1.807, 2.05) is 11.3 Å². The molecule has 1 aromatic heterocycles. The maximum absolute atomic E-state index is 2.68. The van der Waals surface area contributed by atoms with Gasteiger partial charge in [0.1, 0.15) is 0 Å². The second kappa shape index (κ2) is 5.50. The topological polar surface area (TPSA) is 3.24 Å². The van der Waals surface area contributed by atoms with Crippen LogP contribution in [-0.2, 0) is 6.42 Å². The van der Waals surface area contributed by atoms with Crippen LogP contribution in [0.5, 0.6) is 0 Å². The first-order valence-corrected chi connectivity index (χ1v) is 8.90. The molecule has 0 aliphatic carbocycles. The average Bonchev–Trinajstić information content (AvgIpc) is 2.91. The molecule has 0 amide bonds. The van der Waals surface area contributed by atoms with Crippen LogP contribution >= 0.6 is 11.3 Å². The van der Waals surface area contributed by atoms with E-state index < -0.39 is 0 Å². The van der Waals surface area contributed by atoms with E-state index in [0.29, 0.717) is 0 Å². The van der Waals surface area contributed by atoms with Gasteiger partial charge >= 0.3 is 0 Å². The summed E-state index contributed by atoms with van der Waals surface area (Å²) in [7, 11) is 0. The Kier molecular flexibility index (Phi) is 3.53. The number of hydrogen-bond donors (Lipinski definition) is 0. The first-order chi connectivity index (χ1) is 9.88. The number of nitrogens with zero attached hydrogens (tertiary/aromatic N) is 1. The van der Waals surface area contributed by atoms with Crippen LogP contribution in [0, 0.1) is 11.8 Å². The highest BCUT2D eigenvalue weighted by Gasteiger charge is 2.33. The van der Waals surface area contributed by atoms with E-state index in [2.05, 4.69) is 35.2 Å². The highest BCUT2D eigenvalue weighted by molar-refractivity contribution is 7.19. The number of thiophene rings is 1. The first-order valence-electron chi connectivity index (χ1n) is 8.08. The molecule has 3 fully saturated rings. The Bertz CT molecular complexity index is 547. The molecular formula is C18H23NS. The van der Waals surface area contributed by atoms with Crippen LogP contribution in [0.2, 0.25) is 0 Å². The fourth-order valence-corrected chi connectivity index (χ4v) is 5.22. The van der Waals surface area contributed by atoms with Crippen molar-refractivity contribution in [1.82, 2.24) is 4.90 Å². The molecule has 20 heavy (non-hydrogen) atoms. The van der Waals surface area contributed by atoms with E-state index in [-0.39, 0.29) is 0 Å². The Morgan fingerprint density at radius 1 is 1.15 bits per heavy atom. The van der Waals surface area contributed by atoms with Crippen LogP contribution in [0.15, 0.2) is 30.3 Å². The maximum atomic E-state index is 2.68. The highest BCUT2D eigenvalue weighted by Crippen LogP contribution is 2.35. The standard InChI is InChI=1S/C18H23NS/c1-2-7-18-15(4-1)12-17(20-18)6-3-5-16-13-19-10-8-14(16)9-11-19/h1-2,4,7,12,14,16H,3,5-6,8-11,13H2. The molecule has 3 aliphatic heterocycles. The van der Waals surface area contributed by atoms with Gasteiger partial charge in [-0.25, -0.2) is 0 Å². The summed E-state index contributed by atoms with van der Waals surface area (Å²) in [4.78, 5) is 4.26. The first kappa shape index (κ1) is 12.8. The minimum Gasteiger partial charge on any atom is -0.303 e. The van der Waals surface area contributed by atoms with Crippen LogP contribution in [0.25, 0.3) is 10.1 Å². The molecule has 4 heterocycles. The molecular weight excluding hydrogens is 262 g/mol. The normalized spacial score (nSPS) is 29.1. The lowest BCUT2D eigenvalue weighted by molar-refractivity contribution is 0.0458. The number of aryl methyl sites for hydroxylation is 1. The molecule has 106 valence electrons. The van der Waals surface area contributed by atoms with Gasteiger partial charge in [-0.1, -0.05) is 18.2 Å². The summed E-state index contributed by atoms with van der Waals surface area (Å²) < 4.78 is 1.45. The van der Waals surface area contributed by atoms with Crippen LogP contribution < -0.4 is 0 Å². The van der Waals surface area contributed by atoms with Gasteiger partial charge in [-0.3, -0.25) is 0 Å². The third-order valence-electron chi connectivity index (χ3n) is 5.27. The summed E-state index contributed by atoms with van der Waals surface area (Å²) >= 11 is 1.99. The number of benzene rings is 1. The molecule has 1 unspecified atom stereocenters. The zero-order valence-electron chi connectivity index (χ0n) is 12.1. The number of fused-ring (bicyclic) bond motifs is 4. The quantitative estimate of drug-likeness (QED) is 0.795. The van der Waals surface area contributed by atoms with Gasteiger partial charge in [-0.05, 0) is 74.5 Å². The molecule has 2 heteroatoms. The van der Waals surface area contributed by atoms with Crippen LogP contribution in [-0.4, -0.2) is 24.5 Å². The zero-order valence-corrected chi connectivity index (χ0v) is 12.9. The Morgan fingerprint density at radius 3 is 2.75 bits per heavy atom. The molecule has 1 atom stereocenters. The second-order valence-corrected chi connectivity index (χ2v) is 7.71. The monoisotopic (exact) mass is 285 g/mol. The highest BCUT2D eigenvalue weighted by atomic mass is 32.1. The van der Waals surface area contributed by atoms with Gasteiger partial charge in [0.15, 0.2) is 0 Å². The fourth-order valence-electron chi connectivity index (χ4n) is 4.11. The summed E-state index contributed by atoms with van der Waals surface area (Å²) in [5.41, 5.74) is 0. The molecule has 0 N–H and O–H groups in total. The van der Waals surface area contributed by atoms with Crippen molar-refractivity contribution in [2.75, 3.05) is 19.6 Å². The lowest BCUT2D eigenvalue weighted by Gasteiger charge is -2.45. The molecule has 0 spiro atoms. The molecule has 3 aliphatic rings. The Labute approximate surface area is 125 Å². The Balaban J connectivity index is 1.34. The lowest BCUT2D eigenvalue weighted by atomic mass is 9.77. The number of hydrogen-bond acceptors (Lipinski definition) is 2. The van der Waals surface area contributed by atoms with Crippen molar-refractivity contribution >= 4 is 21.4 Å². The van der Waals surface area contributed by atoms with Crippen molar-refractivity contribution in [2.24, 2.45) is 11.8 Å². The van der Waals surface area contributed by atoms with Crippen molar-refractivity contribution in [2.45, 2.75) is 32.1 Å².